The van der Waals surface area contributed by atoms with Gasteiger partial charge in [0.25, 0.3) is 0 Å². The minimum Gasteiger partial charge on any atom is -0.493 e. The van der Waals surface area contributed by atoms with Gasteiger partial charge in [0.05, 0.1) is 7.11 Å². The van der Waals surface area contributed by atoms with Gasteiger partial charge < -0.3 is 14.8 Å². The van der Waals surface area contributed by atoms with Gasteiger partial charge in [-0.3, -0.25) is 0 Å². The Balaban J connectivity index is 1.78. The summed E-state index contributed by atoms with van der Waals surface area (Å²) in [6.07, 6.45) is 4.83. The molecule has 0 spiro atoms. The third kappa shape index (κ3) is 4.52. The van der Waals surface area contributed by atoms with Gasteiger partial charge in [-0.15, -0.1) is 11.6 Å². The molecule has 3 nitrogen and oxygen atoms in total. The fourth-order valence-electron chi connectivity index (χ4n) is 2.89. The molecule has 1 N–H and O–H groups in total. The highest BCUT2D eigenvalue weighted by Crippen LogP contribution is 2.32. The van der Waals surface area contributed by atoms with Gasteiger partial charge in [-0.25, -0.2) is 0 Å². The standard InChI is InChI=1S/C17H26ClNO2/c1-14-7-9-17(13-18,10-8-14)19-11-12-21-16-6-4-3-5-15(16)20-2/h3-6,14,19H,7-13H2,1-2H3. The van der Waals surface area contributed by atoms with Crippen LogP contribution in [0.15, 0.2) is 24.3 Å². The normalized spacial score (nSPS) is 25.6. The van der Waals surface area contributed by atoms with E-state index in [2.05, 4.69) is 12.2 Å². The molecule has 1 fully saturated rings. The predicted octanol–water partition coefficient (Wildman–Crippen LogP) is 3.85. The molecule has 1 aromatic rings. The molecule has 1 aliphatic rings. The Morgan fingerprint density at radius 2 is 1.90 bits per heavy atom. The molecule has 0 amide bonds. The van der Waals surface area contributed by atoms with Crippen LogP contribution < -0.4 is 14.8 Å². The molecule has 0 aliphatic heterocycles. The average Bonchev–Trinajstić information content (AvgIpc) is 2.54. The summed E-state index contributed by atoms with van der Waals surface area (Å²) in [6.45, 7) is 3.75. The Hall–Kier alpha value is -0.930. The van der Waals surface area contributed by atoms with Crippen molar-refractivity contribution in [3.8, 4) is 11.5 Å². The molecule has 118 valence electrons. The van der Waals surface area contributed by atoms with Crippen molar-refractivity contribution in [1.82, 2.24) is 5.32 Å². The molecule has 21 heavy (non-hydrogen) atoms. The number of benzene rings is 1. The van der Waals surface area contributed by atoms with Gasteiger partial charge in [0, 0.05) is 18.0 Å². The van der Waals surface area contributed by atoms with Crippen molar-refractivity contribution in [1.29, 1.82) is 0 Å². The monoisotopic (exact) mass is 311 g/mol. The number of nitrogens with one attached hydrogen (secondary N) is 1. The van der Waals surface area contributed by atoms with E-state index in [4.69, 9.17) is 21.1 Å². The lowest BCUT2D eigenvalue weighted by molar-refractivity contribution is 0.200. The lowest BCUT2D eigenvalue weighted by Gasteiger charge is -2.39. The number of hydrogen-bond acceptors (Lipinski definition) is 3. The Morgan fingerprint density at radius 1 is 1.24 bits per heavy atom. The molecular formula is C17H26ClNO2. The number of methoxy groups -OCH3 is 1. The maximum Gasteiger partial charge on any atom is 0.161 e. The highest BCUT2D eigenvalue weighted by atomic mass is 35.5. The van der Waals surface area contributed by atoms with E-state index in [1.165, 1.54) is 12.8 Å². The number of para-hydroxylation sites is 2. The molecule has 0 bridgehead atoms. The van der Waals surface area contributed by atoms with E-state index in [0.29, 0.717) is 12.5 Å². The molecule has 1 aliphatic carbocycles. The topological polar surface area (TPSA) is 30.5 Å². The summed E-state index contributed by atoms with van der Waals surface area (Å²) in [5.74, 6) is 3.07. The average molecular weight is 312 g/mol. The number of rotatable bonds is 7. The van der Waals surface area contributed by atoms with Crippen molar-refractivity contribution in [2.45, 2.75) is 38.1 Å². The van der Waals surface area contributed by atoms with Gasteiger partial charge in [-0.2, -0.15) is 0 Å². The Bertz CT molecular complexity index is 431. The zero-order valence-corrected chi connectivity index (χ0v) is 13.8. The van der Waals surface area contributed by atoms with Gasteiger partial charge >= 0.3 is 0 Å². The fourth-order valence-corrected chi connectivity index (χ4v) is 3.25. The fraction of sp³-hybridized carbons (Fsp3) is 0.647. The molecule has 0 atom stereocenters. The summed E-state index contributed by atoms with van der Waals surface area (Å²) in [5, 5.41) is 3.62. The third-order valence-corrected chi connectivity index (χ3v) is 4.93. The zero-order chi connectivity index (χ0) is 15.1. The number of ether oxygens (including phenoxy) is 2. The van der Waals surface area contributed by atoms with Crippen molar-refractivity contribution in [2.24, 2.45) is 5.92 Å². The first-order valence-electron chi connectivity index (χ1n) is 7.76. The highest BCUT2D eigenvalue weighted by Gasteiger charge is 2.32. The van der Waals surface area contributed by atoms with E-state index >= 15 is 0 Å². The van der Waals surface area contributed by atoms with E-state index in [9.17, 15) is 0 Å². The second-order valence-corrected chi connectivity index (χ2v) is 6.29. The molecule has 0 aromatic heterocycles. The van der Waals surface area contributed by atoms with E-state index in [0.717, 1.165) is 36.8 Å². The summed E-state index contributed by atoms with van der Waals surface area (Å²) in [7, 11) is 1.66. The van der Waals surface area contributed by atoms with Crippen LogP contribution in [0.1, 0.15) is 32.6 Å². The summed E-state index contributed by atoms with van der Waals surface area (Å²) in [5.41, 5.74) is 0.0954. The maximum atomic E-state index is 6.21. The molecule has 0 heterocycles. The first-order valence-corrected chi connectivity index (χ1v) is 8.29. The summed E-state index contributed by atoms with van der Waals surface area (Å²) in [6, 6.07) is 7.73. The number of alkyl halides is 1. The molecule has 0 unspecified atom stereocenters. The lowest BCUT2D eigenvalue weighted by Crippen LogP contribution is -2.50. The largest absolute Gasteiger partial charge is 0.493 e. The van der Waals surface area contributed by atoms with E-state index in [1.807, 2.05) is 24.3 Å². The van der Waals surface area contributed by atoms with Gasteiger partial charge in [0.1, 0.15) is 6.61 Å². The van der Waals surface area contributed by atoms with Crippen LogP contribution >= 0.6 is 11.6 Å². The van der Waals surface area contributed by atoms with E-state index in [1.54, 1.807) is 7.11 Å². The molecule has 2 rings (SSSR count). The predicted molar refractivity (Wildman–Crippen MR) is 87.6 cm³/mol. The van der Waals surface area contributed by atoms with Crippen molar-refractivity contribution < 1.29 is 9.47 Å². The van der Waals surface area contributed by atoms with Crippen LogP contribution in [0.2, 0.25) is 0 Å². The quantitative estimate of drug-likeness (QED) is 0.613. The minimum absolute atomic E-state index is 0.0954. The Labute approximate surface area is 133 Å². The molecule has 1 aromatic carbocycles. The second kappa shape index (κ2) is 7.90. The highest BCUT2D eigenvalue weighted by molar-refractivity contribution is 6.18. The zero-order valence-electron chi connectivity index (χ0n) is 13.0. The lowest BCUT2D eigenvalue weighted by atomic mass is 9.78. The maximum absolute atomic E-state index is 6.21. The van der Waals surface area contributed by atoms with Crippen LogP contribution in [-0.2, 0) is 0 Å². The van der Waals surface area contributed by atoms with E-state index in [-0.39, 0.29) is 5.54 Å². The number of hydrogen-bond donors (Lipinski definition) is 1. The first kappa shape index (κ1) is 16.4. The van der Waals surface area contributed by atoms with Crippen LogP contribution in [0, 0.1) is 5.92 Å². The van der Waals surface area contributed by atoms with Crippen LogP contribution in [0.4, 0.5) is 0 Å². The van der Waals surface area contributed by atoms with Crippen LogP contribution in [0.25, 0.3) is 0 Å². The number of halogens is 1. The van der Waals surface area contributed by atoms with Crippen molar-refractivity contribution in [3.63, 3.8) is 0 Å². The molecular weight excluding hydrogens is 286 g/mol. The van der Waals surface area contributed by atoms with Crippen molar-refractivity contribution >= 4 is 11.6 Å². The molecule has 4 heteroatoms. The summed E-state index contributed by atoms with van der Waals surface area (Å²) < 4.78 is 11.1. The van der Waals surface area contributed by atoms with Crippen LogP contribution in [0.5, 0.6) is 11.5 Å². The summed E-state index contributed by atoms with van der Waals surface area (Å²) >= 11 is 6.21. The van der Waals surface area contributed by atoms with Gasteiger partial charge in [0.15, 0.2) is 11.5 Å². The molecule has 0 saturated heterocycles. The Kier molecular flexibility index (Phi) is 6.19. The van der Waals surface area contributed by atoms with Crippen molar-refractivity contribution in [3.05, 3.63) is 24.3 Å². The Morgan fingerprint density at radius 3 is 2.52 bits per heavy atom. The minimum atomic E-state index is 0.0954. The summed E-state index contributed by atoms with van der Waals surface area (Å²) in [4.78, 5) is 0. The second-order valence-electron chi connectivity index (χ2n) is 6.02. The first-order chi connectivity index (χ1) is 10.2. The van der Waals surface area contributed by atoms with Gasteiger partial charge in [-0.1, -0.05) is 19.1 Å². The van der Waals surface area contributed by atoms with E-state index < -0.39 is 0 Å². The van der Waals surface area contributed by atoms with Crippen LogP contribution in [-0.4, -0.2) is 31.7 Å². The third-order valence-electron chi connectivity index (χ3n) is 4.42. The SMILES string of the molecule is COc1ccccc1OCCNC1(CCl)CCC(C)CC1. The van der Waals surface area contributed by atoms with Crippen LogP contribution in [0.3, 0.4) is 0 Å². The smallest absolute Gasteiger partial charge is 0.161 e. The van der Waals surface area contributed by atoms with Crippen molar-refractivity contribution in [2.75, 3.05) is 26.1 Å². The van der Waals surface area contributed by atoms with Gasteiger partial charge in [-0.05, 0) is 43.7 Å². The van der Waals surface area contributed by atoms with Gasteiger partial charge in [0.2, 0.25) is 0 Å². The molecule has 1 saturated carbocycles. The molecule has 0 radical (unpaired) electrons.